The molecule has 0 bridgehead atoms. The molecule has 0 aliphatic heterocycles. The molecule has 2 heterocycles. The largest absolute Gasteiger partial charge is 0.330 e. The molecule has 0 saturated carbocycles. The second kappa shape index (κ2) is 6.13. The first-order valence-electron chi connectivity index (χ1n) is 6.78. The van der Waals surface area contributed by atoms with Gasteiger partial charge in [-0.25, -0.2) is 13.4 Å². The van der Waals surface area contributed by atoms with Gasteiger partial charge in [-0.2, -0.15) is 0 Å². The summed E-state index contributed by atoms with van der Waals surface area (Å²) in [6.45, 7) is 0.849. The predicted molar refractivity (Wildman–Crippen MR) is 90.7 cm³/mol. The van der Waals surface area contributed by atoms with E-state index >= 15 is 0 Å². The summed E-state index contributed by atoms with van der Waals surface area (Å²) in [7, 11) is -3.78. The lowest BCUT2D eigenvalue weighted by Gasteiger charge is -2.04. The second-order valence-electron chi connectivity index (χ2n) is 4.96. The highest BCUT2D eigenvalue weighted by molar-refractivity contribution is 7.91. The van der Waals surface area contributed by atoms with E-state index in [1.54, 1.807) is 29.1 Å². The van der Waals surface area contributed by atoms with Gasteiger partial charge in [0, 0.05) is 40.9 Å². The number of hydrogen-bond donors (Lipinski definition) is 1. The van der Waals surface area contributed by atoms with Crippen molar-refractivity contribution in [1.29, 1.82) is 0 Å². The Morgan fingerprint density at radius 2 is 1.87 bits per heavy atom. The van der Waals surface area contributed by atoms with Gasteiger partial charge in [0.1, 0.15) is 5.65 Å². The fourth-order valence-electron chi connectivity index (χ4n) is 2.42. The van der Waals surface area contributed by atoms with E-state index in [1.165, 1.54) is 18.2 Å². The van der Waals surface area contributed by atoms with Crippen LogP contribution >= 0.6 is 23.2 Å². The number of rotatable bonds is 4. The van der Waals surface area contributed by atoms with Crippen molar-refractivity contribution in [1.82, 2.24) is 9.55 Å². The smallest absolute Gasteiger partial charge is 0.208 e. The molecule has 0 fully saturated rings. The molecule has 0 unspecified atom stereocenters. The fraction of sp³-hybridized carbons (Fsp3) is 0.133. The SMILES string of the molecule is NCCn1cc(S(=O)(=O)c2cc(Cl)cc(Cl)c2)c2cccnc21. The second-order valence-corrected chi connectivity index (χ2v) is 7.75. The third-order valence-corrected chi connectivity index (χ3v) is 5.60. The Balaban J connectivity index is 2.26. The van der Waals surface area contributed by atoms with Gasteiger partial charge < -0.3 is 10.3 Å². The highest BCUT2D eigenvalue weighted by Gasteiger charge is 2.24. The molecule has 2 N–H and O–H groups in total. The van der Waals surface area contributed by atoms with Gasteiger partial charge in [-0.1, -0.05) is 23.2 Å². The Morgan fingerprint density at radius 1 is 1.17 bits per heavy atom. The Labute approximate surface area is 143 Å². The molecule has 1 aromatic carbocycles. The topological polar surface area (TPSA) is 78.0 Å². The molecule has 3 aromatic rings. The van der Waals surface area contributed by atoms with Gasteiger partial charge >= 0.3 is 0 Å². The van der Waals surface area contributed by atoms with Crippen molar-refractivity contribution in [2.24, 2.45) is 5.73 Å². The van der Waals surface area contributed by atoms with Gasteiger partial charge in [-0.05, 0) is 30.3 Å². The Hall–Kier alpha value is -1.60. The maximum atomic E-state index is 13.0. The molecular weight excluding hydrogens is 357 g/mol. The lowest BCUT2D eigenvalue weighted by molar-refractivity contribution is 0.596. The van der Waals surface area contributed by atoms with E-state index in [0.717, 1.165) is 0 Å². The summed E-state index contributed by atoms with van der Waals surface area (Å²) in [6, 6.07) is 7.66. The molecule has 2 aromatic heterocycles. The van der Waals surface area contributed by atoms with Crippen LogP contribution in [0.25, 0.3) is 11.0 Å². The van der Waals surface area contributed by atoms with Gasteiger partial charge in [0.2, 0.25) is 9.84 Å². The molecule has 23 heavy (non-hydrogen) atoms. The molecule has 0 saturated heterocycles. The van der Waals surface area contributed by atoms with E-state index < -0.39 is 9.84 Å². The summed E-state index contributed by atoms with van der Waals surface area (Å²) in [5, 5.41) is 1.07. The summed E-state index contributed by atoms with van der Waals surface area (Å²) in [4.78, 5) is 4.46. The minimum atomic E-state index is -3.78. The maximum Gasteiger partial charge on any atom is 0.208 e. The Bertz CT molecular complexity index is 963. The number of benzene rings is 1. The summed E-state index contributed by atoms with van der Waals surface area (Å²) < 4.78 is 27.7. The molecule has 120 valence electrons. The zero-order chi connectivity index (χ0) is 16.6. The summed E-state index contributed by atoms with van der Waals surface area (Å²) in [6.07, 6.45) is 3.16. The van der Waals surface area contributed by atoms with Crippen LogP contribution in [0.1, 0.15) is 0 Å². The summed E-state index contributed by atoms with van der Waals surface area (Å²) >= 11 is 11.9. The fourth-order valence-corrected chi connectivity index (χ4v) is 4.61. The predicted octanol–water partition coefficient (Wildman–Crippen LogP) is 3.13. The molecule has 8 heteroatoms. The van der Waals surface area contributed by atoms with Crippen LogP contribution in [0.3, 0.4) is 0 Å². The van der Waals surface area contributed by atoms with Crippen molar-refractivity contribution < 1.29 is 8.42 Å². The van der Waals surface area contributed by atoms with Crippen molar-refractivity contribution in [2.45, 2.75) is 16.3 Å². The zero-order valence-electron chi connectivity index (χ0n) is 11.9. The average molecular weight is 370 g/mol. The minimum Gasteiger partial charge on any atom is -0.330 e. The van der Waals surface area contributed by atoms with E-state index in [0.29, 0.717) is 24.1 Å². The highest BCUT2D eigenvalue weighted by Crippen LogP contribution is 2.31. The number of halogens is 2. The molecule has 0 amide bonds. The first-order valence-corrected chi connectivity index (χ1v) is 9.02. The number of nitrogens with zero attached hydrogens (tertiary/aromatic N) is 2. The zero-order valence-corrected chi connectivity index (χ0v) is 14.2. The minimum absolute atomic E-state index is 0.0469. The molecular formula is C15H13Cl2N3O2S. The van der Waals surface area contributed by atoms with Gasteiger partial charge in [-0.3, -0.25) is 0 Å². The van der Waals surface area contributed by atoms with Crippen molar-refractivity contribution >= 4 is 44.1 Å². The van der Waals surface area contributed by atoms with Gasteiger partial charge in [0.25, 0.3) is 0 Å². The number of aromatic nitrogens is 2. The monoisotopic (exact) mass is 369 g/mol. The molecule has 3 rings (SSSR count). The quantitative estimate of drug-likeness (QED) is 0.765. The standard InChI is InChI=1S/C15H13Cl2N3O2S/c16-10-6-11(17)8-12(7-10)23(21,22)14-9-20(5-3-18)15-13(14)2-1-4-19-15/h1-2,4,6-9H,3,5,18H2. The number of pyridine rings is 1. The molecule has 0 atom stereocenters. The summed E-state index contributed by atoms with van der Waals surface area (Å²) in [5.74, 6) is 0. The van der Waals surface area contributed by atoms with Crippen LogP contribution in [0.4, 0.5) is 0 Å². The van der Waals surface area contributed by atoms with E-state index in [4.69, 9.17) is 28.9 Å². The van der Waals surface area contributed by atoms with E-state index in [2.05, 4.69) is 4.98 Å². The third-order valence-electron chi connectivity index (χ3n) is 3.40. The first-order chi connectivity index (χ1) is 10.9. The highest BCUT2D eigenvalue weighted by atomic mass is 35.5. The van der Waals surface area contributed by atoms with Crippen LogP contribution in [-0.4, -0.2) is 24.5 Å². The van der Waals surface area contributed by atoms with Crippen LogP contribution < -0.4 is 5.73 Å². The first kappa shape index (κ1) is 16.3. The molecule has 0 radical (unpaired) electrons. The van der Waals surface area contributed by atoms with E-state index in [1.807, 2.05) is 0 Å². The number of fused-ring (bicyclic) bond motifs is 1. The van der Waals surface area contributed by atoms with Crippen LogP contribution in [0.2, 0.25) is 10.0 Å². The van der Waals surface area contributed by atoms with Gasteiger partial charge in [0.15, 0.2) is 0 Å². The Kier molecular flexibility index (Phi) is 4.33. The van der Waals surface area contributed by atoms with Crippen molar-refractivity contribution in [3.63, 3.8) is 0 Å². The van der Waals surface area contributed by atoms with Crippen LogP contribution in [0.15, 0.2) is 52.5 Å². The Morgan fingerprint density at radius 3 is 2.52 bits per heavy atom. The van der Waals surface area contributed by atoms with Crippen LogP contribution in [0.5, 0.6) is 0 Å². The van der Waals surface area contributed by atoms with E-state index in [-0.39, 0.29) is 19.8 Å². The normalized spacial score (nSPS) is 12.0. The number of hydrogen-bond acceptors (Lipinski definition) is 4. The third kappa shape index (κ3) is 2.95. The van der Waals surface area contributed by atoms with Crippen molar-refractivity contribution in [3.05, 3.63) is 52.8 Å². The molecule has 0 aliphatic rings. The van der Waals surface area contributed by atoms with Crippen molar-refractivity contribution in [3.8, 4) is 0 Å². The molecule has 5 nitrogen and oxygen atoms in total. The maximum absolute atomic E-state index is 13.0. The molecule has 0 spiro atoms. The average Bonchev–Trinajstić information content (AvgIpc) is 2.87. The molecule has 0 aliphatic carbocycles. The lowest BCUT2D eigenvalue weighted by Crippen LogP contribution is -2.09. The van der Waals surface area contributed by atoms with Gasteiger partial charge in [-0.15, -0.1) is 0 Å². The number of nitrogens with two attached hydrogens (primary N) is 1. The van der Waals surface area contributed by atoms with Gasteiger partial charge in [0.05, 0.1) is 9.79 Å². The summed E-state index contributed by atoms with van der Waals surface area (Å²) in [5.41, 5.74) is 6.16. The van der Waals surface area contributed by atoms with Crippen molar-refractivity contribution in [2.75, 3.05) is 6.54 Å². The number of sulfone groups is 1. The van der Waals surface area contributed by atoms with E-state index in [9.17, 15) is 8.42 Å². The van der Waals surface area contributed by atoms with Crippen LogP contribution in [-0.2, 0) is 16.4 Å². The van der Waals surface area contributed by atoms with Crippen LogP contribution in [0, 0.1) is 0 Å². The lowest BCUT2D eigenvalue weighted by atomic mass is 10.3.